The number of carbonyl (C=O) groups is 1. The third-order valence-electron chi connectivity index (χ3n) is 18.8. The fourth-order valence-electron chi connectivity index (χ4n) is 14.7. The molecule has 0 aromatic heterocycles. The van der Waals surface area contributed by atoms with E-state index in [-0.39, 0.29) is 86.6 Å². The number of aliphatic carboxylic acids is 1. The standard InChI is InChI=1S/C53H78O20S/c1-7-9-27(49(56)57)11-14-50(3,58)48-26(2)18-30-37(71-48)23-41-47(70-30)45(55)46-40(66-41)22-32-28(69-46)10-8-13-52(5)43(68-32)25-44-53(6,73-52)15-12-29-31(67-44)19-34-33(63-29)20-35-36(64-34)21-39-38(65-35)24-42(54)51(4,72-39)16-17-62-74(59,60)61/h7,11,14,27-48,54-55,58H,1-2,8-10,12-13,15-25H2,3-6H3,(H,56,57)(H,59,60,61)/b14-11+. The summed E-state index contributed by atoms with van der Waals surface area (Å²) in [6, 6.07) is 0. The Morgan fingerprint density at radius 1 is 0.730 bits per heavy atom. The molecule has 0 spiro atoms. The van der Waals surface area contributed by atoms with Crippen molar-refractivity contribution < 1.29 is 94.5 Å². The van der Waals surface area contributed by atoms with Gasteiger partial charge in [0.05, 0.1) is 133 Å². The summed E-state index contributed by atoms with van der Waals surface area (Å²) < 4.78 is 111. The lowest BCUT2D eigenvalue weighted by Gasteiger charge is -2.57. The van der Waals surface area contributed by atoms with Crippen LogP contribution < -0.4 is 0 Å². The van der Waals surface area contributed by atoms with Crippen molar-refractivity contribution in [2.75, 3.05) is 6.61 Å². The molecule has 74 heavy (non-hydrogen) atoms. The summed E-state index contributed by atoms with van der Waals surface area (Å²) in [5.74, 6) is -1.86. The third kappa shape index (κ3) is 10.4. The Morgan fingerprint density at radius 3 is 1.88 bits per heavy atom. The first-order valence-corrected chi connectivity index (χ1v) is 28.5. The molecule has 11 aliphatic heterocycles. The largest absolute Gasteiger partial charge is 0.481 e. The summed E-state index contributed by atoms with van der Waals surface area (Å²) in [7, 11) is -4.63. The summed E-state index contributed by atoms with van der Waals surface area (Å²) in [5.41, 5.74) is -3.27. The van der Waals surface area contributed by atoms with Crippen LogP contribution >= 0.6 is 0 Å². The van der Waals surface area contributed by atoms with Crippen LogP contribution in [-0.4, -0.2) is 197 Å². The Balaban J connectivity index is 0.727. The van der Waals surface area contributed by atoms with Crippen LogP contribution in [0.25, 0.3) is 0 Å². The number of aliphatic hydroxyl groups excluding tert-OH is 2. The molecule has 416 valence electrons. The Labute approximate surface area is 433 Å². The highest BCUT2D eigenvalue weighted by atomic mass is 32.3. The summed E-state index contributed by atoms with van der Waals surface area (Å²) in [4.78, 5) is 11.8. The van der Waals surface area contributed by atoms with Crippen molar-refractivity contribution in [1.82, 2.24) is 0 Å². The van der Waals surface area contributed by atoms with Gasteiger partial charge in [0, 0.05) is 51.4 Å². The van der Waals surface area contributed by atoms with E-state index in [1.807, 2.05) is 0 Å². The molecule has 0 bridgehead atoms. The van der Waals surface area contributed by atoms with Crippen LogP contribution in [0.2, 0.25) is 0 Å². The SMILES string of the molecule is C=CCC(/C=C/C(C)(O)C1OC2CC3OC4CC5OC6CC7OC8CC9OC%10CC%11OC(C)(CCOS(=O)(=O)O)C(O)CC%11OC%10CC9OC8CCC7(C)OC6(C)CCCC5OC4C(O)C3OC2CC1=C)C(=O)O. The van der Waals surface area contributed by atoms with E-state index in [1.54, 1.807) is 13.8 Å². The maximum Gasteiger partial charge on any atom is 0.397 e. The maximum absolute atomic E-state index is 12.0. The van der Waals surface area contributed by atoms with Gasteiger partial charge in [-0.15, -0.1) is 6.58 Å². The van der Waals surface area contributed by atoms with E-state index < -0.39 is 106 Å². The molecule has 0 amide bonds. The summed E-state index contributed by atoms with van der Waals surface area (Å²) in [6.45, 7) is 15.1. The van der Waals surface area contributed by atoms with E-state index in [0.717, 1.165) is 32.1 Å². The van der Waals surface area contributed by atoms with Crippen LogP contribution in [0.4, 0.5) is 0 Å². The van der Waals surface area contributed by atoms with E-state index in [0.29, 0.717) is 56.9 Å². The molecule has 21 heteroatoms. The van der Waals surface area contributed by atoms with Crippen LogP contribution in [0.15, 0.2) is 37.0 Å². The van der Waals surface area contributed by atoms with Gasteiger partial charge in [0.1, 0.15) is 30.0 Å². The van der Waals surface area contributed by atoms with Gasteiger partial charge in [-0.1, -0.05) is 24.8 Å². The number of carboxylic acids is 1. The summed E-state index contributed by atoms with van der Waals surface area (Å²) in [6.07, 6.45) is 3.10. The van der Waals surface area contributed by atoms with E-state index in [2.05, 4.69) is 31.2 Å². The normalized spacial score (nSPS) is 51.3. The quantitative estimate of drug-likeness (QED) is 0.154. The molecule has 0 radical (unpaired) electrons. The minimum Gasteiger partial charge on any atom is -0.481 e. The molecule has 11 fully saturated rings. The molecule has 11 heterocycles. The van der Waals surface area contributed by atoms with E-state index in [9.17, 15) is 33.6 Å². The van der Waals surface area contributed by atoms with Gasteiger partial charge in [-0.2, -0.15) is 8.42 Å². The first kappa shape index (κ1) is 54.0. The number of allylic oxidation sites excluding steroid dienone is 1. The molecule has 26 unspecified atom stereocenters. The fourth-order valence-corrected chi connectivity index (χ4v) is 15.0. The fraction of sp³-hybridized carbons (Fsp3) is 0.868. The third-order valence-corrected chi connectivity index (χ3v) is 19.3. The number of hydrogen-bond acceptors (Lipinski definition) is 18. The zero-order chi connectivity index (χ0) is 52.3. The number of aliphatic hydroxyl groups is 3. The molecule has 20 nitrogen and oxygen atoms in total. The summed E-state index contributed by atoms with van der Waals surface area (Å²) in [5, 5.41) is 44.3. The lowest BCUT2D eigenvalue weighted by Crippen LogP contribution is -2.69. The van der Waals surface area contributed by atoms with E-state index in [1.165, 1.54) is 18.2 Å². The minimum absolute atomic E-state index is 0.0476. The molecular formula is C53H78O20S. The van der Waals surface area contributed by atoms with Crippen LogP contribution in [0.5, 0.6) is 0 Å². The van der Waals surface area contributed by atoms with Crippen molar-refractivity contribution >= 4 is 16.4 Å². The molecule has 0 aromatic carbocycles. The van der Waals surface area contributed by atoms with Crippen molar-refractivity contribution in [3.63, 3.8) is 0 Å². The first-order valence-electron chi connectivity index (χ1n) is 27.2. The van der Waals surface area contributed by atoms with Crippen molar-refractivity contribution in [1.29, 1.82) is 0 Å². The molecule has 0 aliphatic carbocycles. The lowest BCUT2D eigenvalue weighted by molar-refractivity contribution is -0.344. The highest BCUT2D eigenvalue weighted by molar-refractivity contribution is 7.80. The molecule has 11 saturated heterocycles. The van der Waals surface area contributed by atoms with Gasteiger partial charge < -0.3 is 72.5 Å². The minimum atomic E-state index is -4.63. The van der Waals surface area contributed by atoms with E-state index in [4.69, 9.17) is 56.7 Å². The Kier molecular flexibility index (Phi) is 14.8. The van der Waals surface area contributed by atoms with Crippen LogP contribution in [0.1, 0.15) is 124 Å². The lowest BCUT2D eigenvalue weighted by atomic mass is 9.76. The maximum atomic E-state index is 12.0. The average molecular weight is 1070 g/mol. The number of ether oxygens (including phenoxy) is 11. The molecular weight excluding hydrogens is 989 g/mol. The smallest absolute Gasteiger partial charge is 0.397 e. The van der Waals surface area contributed by atoms with Gasteiger partial charge in [0.2, 0.25) is 0 Å². The molecule has 26 atom stereocenters. The molecule has 5 N–H and O–H groups in total. The van der Waals surface area contributed by atoms with Crippen LogP contribution in [0.3, 0.4) is 0 Å². The topological polar surface area (TPSA) is 263 Å². The van der Waals surface area contributed by atoms with Crippen molar-refractivity contribution in [2.45, 2.75) is 275 Å². The second kappa shape index (κ2) is 20.3. The molecule has 11 rings (SSSR count). The predicted molar refractivity (Wildman–Crippen MR) is 258 cm³/mol. The summed E-state index contributed by atoms with van der Waals surface area (Å²) >= 11 is 0. The zero-order valence-electron chi connectivity index (χ0n) is 42.9. The van der Waals surface area contributed by atoms with Crippen LogP contribution in [-0.2, 0) is 71.5 Å². The Hall–Kier alpha value is -2.00. The second-order valence-corrected chi connectivity index (χ2v) is 25.3. The highest BCUT2D eigenvalue weighted by Gasteiger charge is 2.62. The van der Waals surface area contributed by atoms with Gasteiger partial charge in [-0.25, -0.2) is 4.18 Å². The van der Waals surface area contributed by atoms with Crippen molar-refractivity contribution in [2.24, 2.45) is 5.92 Å². The van der Waals surface area contributed by atoms with Crippen molar-refractivity contribution in [3.05, 3.63) is 37.0 Å². The van der Waals surface area contributed by atoms with Gasteiger partial charge in [-0.05, 0) is 78.2 Å². The van der Waals surface area contributed by atoms with Crippen LogP contribution in [0, 0.1) is 5.92 Å². The Morgan fingerprint density at radius 2 is 1.26 bits per heavy atom. The van der Waals surface area contributed by atoms with Gasteiger partial charge in [0.15, 0.2) is 0 Å². The molecule has 0 aromatic rings. The first-order chi connectivity index (χ1) is 35.0. The van der Waals surface area contributed by atoms with Gasteiger partial charge >= 0.3 is 16.4 Å². The number of rotatable bonds is 10. The highest BCUT2D eigenvalue weighted by Crippen LogP contribution is 2.52. The monoisotopic (exact) mass is 1070 g/mol. The number of hydrogen-bond donors (Lipinski definition) is 5. The molecule has 11 aliphatic rings. The van der Waals surface area contributed by atoms with Crippen molar-refractivity contribution in [3.8, 4) is 0 Å². The number of fused-ring (bicyclic) bond motifs is 10. The van der Waals surface area contributed by atoms with E-state index >= 15 is 0 Å². The van der Waals surface area contributed by atoms with Gasteiger partial charge in [0.25, 0.3) is 0 Å². The average Bonchev–Trinajstić information content (AvgIpc) is 3.45. The number of carboxylic acid groups (broad SMARTS) is 1. The predicted octanol–water partition coefficient (Wildman–Crippen LogP) is 3.74. The second-order valence-electron chi connectivity index (χ2n) is 24.2. The molecule has 0 saturated carbocycles. The Bertz CT molecular complexity index is 2250. The van der Waals surface area contributed by atoms with Gasteiger partial charge in [-0.3, -0.25) is 9.35 Å². The zero-order valence-corrected chi connectivity index (χ0v) is 43.7.